The lowest BCUT2D eigenvalue weighted by Crippen LogP contribution is -1.97. The molecule has 0 aliphatic carbocycles. The molecule has 0 aliphatic rings. The Labute approximate surface area is 83.6 Å². The molecule has 2 heteroatoms. The molecule has 0 saturated heterocycles. The van der Waals surface area contributed by atoms with Crippen LogP contribution in [0.25, 0.3) is 15.7 Å². The molecule has 0 unspecified atom stereocenters. The number of benzene rings is 1. The Morgan fingerprint density at radius 2 is 2.07 bits per heavy atom. The van der Waals surface area contributed by atoms with Crippen LogP contribution in [0.3, 0.4) is 0 Å². The van der Waals surface area contributed by atoms with E-state index in [-0.39, 0.29) is 0 Å². The number of aromatic nitrogens is 1. The first kappa shape index (κ1) is 8.83. The van der Waals surface area contributed by atoms with E-state index in [9.17, 15) is 0 Å². The van der Waals surface area contributed by atoms with Gasteiger partial charge in [-0.05, 0) is 37.4 Å². The summed E-state index contributed by atoms with van der Waals surface area (Å²) in [5, 5.41) is 1.15. The topological polar surface area (TPSA) is 9.29 Å². The Kier molecular flexibility index (Phi) is 2.01. The van der Waals surface area contributed by atoms with Crippen molar-refractivity contribution in [1.29, 1.82) is 0 Å². The van der Waals surface area contributed by atoms with Crippen LogP contribution < -0.4 is 0 Å². The quantitative estimate of drug-likeness (QED) is 0.597. The van der Waals surface area contributed by atoms with Crippen molar-refractivity contribution in [2.75, 3.05) is 0 Å². The van der Waals surface area contributed by atoms with Gasteiger partial charge in [-0.3, -0.25) is 0 Å². The van der Waals surface area contributed by atoms with Gasteiger partial charge in [-0.1, -0.05) is 6.07 Å². The van der Waals surface area contributed by atoms with Gasteiger partial charge in [0.25, 0.3) is 0 Å². The third kappa shape index (κ3) is 1.27. The predicted molar refractivity (Wildman–Crippen MR) is 58.6 cm³/mol. The molecule has 0 N–H and O–H groups in total. The number of fused-ring (bicyclic) bond motifs is 1. The minimum Gasteiger partial charge on any atom is -0.345 e. The summed E-state index contributed by atoms with van der Waals surface area (Å²) in [7, 11) is 0. The van der Waals surface area contributed by atoms with Gasteiger partial charge in [-0.25, -0.2) is 4.85 Å². The molecule has 2 aromatic rings. The van der Waals surface area contributed by atoms with E-state index in [1.54, 1.807) is 0 Å². The van der Waals surface area contributed by atoms with Gasteiger partial charge in [-0.2, -0.15) is 0 Å². The van der Waals surface area contributed by atoms with Crippen molar-refractivity contribution in [2.24, 2.45) is 0 Å². The number of nitrogens with zero attached hydrogens (tertiary/aromatic N) is 2. The highest BCUT2D eigenvalue weighted by atomic mass is 15.0. The average Bonchev–Trinajstić information content (AvgIpc) is 2.59. The summed E-state index contributed by atoms with van der Waals surface area (Å²) in [6, 6.07) is 8.34. The molecule has 0 radical (unpaired) electrons. The minimum atomic E-state index is 0.464. The lowest BCUT2D eigenvalue weighted by atomic mass is 10.2. The summed E-state index contributed by atoms with van der Waals surface area (Å²) in [4.78, 5) is 3.42. The lowest BCUT2D eigenvalue weighted by Gasteiger charge is -2.08. The normalized spacial score (nSPS) is 10.7. The summed E-state index contributed by atoms with van der Waals surface area (Å²) in [6.07, 6.45) is 2.07. The van der Waals surface area contributed by atoms with Crippen molar-refractivity contribution >= 4 is 16.6 Å². The smallest absolute Gasteiger partial charge is 0.187 e. The molecule has 1 heterocycles. The molecule has 0 saturated carbocycles. The van der Waals surface area contributed by atoms with Crippen molar-refractivity contribution in [3.8, 4) is 0 Å². The molecule has 14 heavy (non-hydrogen) atoms. The van der Waals surface area contributed by atoms with Gasteiger partial charge in [0.05, 0.1) is 6.57 Å². The molecule has 0 aliphatic heterocycles. The summed E-state index contributed by atoms with van der Waals surface area (Å²) in [5.74, 6) is 0. The monoisotopic (exact) mass is 184 g/mol. The van der Waals surface area contributed by atoms with Gasteiger partial charge in [-0.15, -0.1) is 0 Å². The van der Waals surface area contributed by atoms with E-state index in [0.717, 1.165) is 5.39 Å². The van der Waals surface area contributed by atoms with Gasteiger partial charge in [0, 0.05) is 17.8 Å². The van der Waals surface area contributed by atoms with Crippen molar-refractivity contribution < 1.29 is 0 Å². The van der Waals surface area contributed by atoms with Crippen LogP contribution in [0.4, 0.5) is 5.69 Å². The summed E-state index contributed by atoms with van der Waals surface area (Å²) >= 11 is 0. The fourth-order valence-electron chi connectivity index (χ4n) is 1.67. The highest BCUT2D eigenvalue weighted by molar-refractivity contribution is 5.84. The van der Waals surface area contributed by atoms with Crippen LogP contribution in [0.2, 0.25) is 0 Å². The highest BCUT2D eigenvalue weighted by Gasteiger charge is 2.03. The van der Waals surface area contributed by atoms with E-state index in [0.29, 0.717) is 11.7 Å². The fourth-order valence-corrected chi connectivity index (χ4v) is 1.67. The van der Waals surface area contributed by atoms with E-state index in [4.69, 9.17) is 6.57 Å². The van der Waals surface area contributed by atoms with E-state index in [1.165, 1.54) is 5.52 Å². The van der Waals surface area contributed by atoms with Crippen LogP contribution >= 0.6 is 0 Å². The van der Waals surface area contributed by atoms with Crippen LogP contribution in [0, 0.1) is 6.57 Å². The van der Waals surface area contributed by atoms with Crippen LogP contribution in [-0.4, -0.2) is 4.57 Å². The SMILES string of the molecule is [C-]#[N+]c1ccc2c(ccn2C(C)C)c1. The zero-order valence-corrected chi connectivity index (χ0v) is 8.36. The zero-order chi connectivity index (χ0) is 10.1. The second kappa shape index (κ2) is 3.19. The van der Waals surface area contributed by atoms with Crippen molar-refractivity contribution in [1.82, 2.24) is 4.57 Å². The largest absolute Gasteiger partial charge is 0.345 e. The summed E-state index contributed by atoms with van der Waals surface area (Å²) in [6.45, 7) is 11.2. The number of hydrogen-bond donors (Lipinski definition) is 0. The third-order valence-corrected chi connectivity index (χ3v) is 2.39. The second-order valence-electron chi connectivity index (χ2n) is 3.67. The molecular formula is C12H12N2. The molecule has 1 aromatic heterocycles. The Bertz CT molecular complexity index is 501. The van der Waals surface area contributed by atoms with Crippen molar-refractivity contribution in [2.45, 2.75) is 19.9 Å². The molecule has 0 fully saturated rings. The van der Waals surface area contributed by atoms with E-state index >= 15 is 0 Å². The van der Waals surface area contributed by atoms with Gasteiger partial charge < -0.3 is 4.57 Å². The Hall–Kier alpha value is -1.75. The molecule has 0 spiro atoms. The fraction of sp³-hybridized carbons (Fsp3) is 0.250. The van der Waals surface area contributed by atoms with Gasteiger partial charge in [0.2, 0.25) is 0 Å². The van der Waals surface area contributed by atoms with Crippen molar-refractivity contribution in [3.05, 3.63) is 41.9 Å². The minimum absolute atomic E-state index is 0.464. The third-order valence-electron chi connectivity index (χ3n) is 2.39. The Balaban J connectivity index is 2.67. The van der Waals surface area contributed by atoms with E-state index in [1.807, 2.05) is 18.2 Å². The predicted octanol–water partition coefficient (Wildman–Crippen LogP) is 3.77. The van der Waals surface area contributed by atoms with Crippen LogP contribution in [0.1, 0.15) is 19.9 Å². The molecule has 0 bridgehead atoms. The maximum Gasteiger partial charge on any atom is 0.187 e. The molecule has 70 valence electrons. The maximum absolute atomic E-state index is 6.93. The Morgan fingerprint density at radius 1 is 1.29 bits per heavy atom. The van der Waals surface area contributed by atoms with Gasteiger partial charge in [0.1, 0.15) is 0 Å². The molecule has 2 rings (SSSR count). The second-order valence-corrected chi connectivity index (χ2v) is 3.67. The van der Waals surface area contributed by atoms with Crippen molar-refractivity contribution in [3.63, 3.8) is 0 Å². The van der Waals surface area contributed by atoms with Crippen LogP contribution in [0.5, 0.6) is 0 Å². The standard InChI is InChI=1S/C12H12N2/c1-9(2)14-7-6-10-8-11(13-3)4-5-12(10)14/h4-9H,1-2H3. The molecular weight excluding hydrogens is 172 g/mol. The van der Waals surface area contributed by atoms with Gasteiger partial charge >= 0.3 is 0 Å². The Morgan fingerprint density at radius 3 is 2.71 bits per heavy atom. The summed E-state index contributed by atoms with van der Waals surface area (Å²) in [5.41, 5.74) is 1.91. The van der Waals surface area contributed by atoms with Crippen LogP contribution in [0.15, 0.2) is 30.5 Å². The zero-order valence-electron chi connectivity index (χ0n) is 8.36. The van der Waals surface area contributed by atoms with E-state index < -0.39 is 0 Å². The molecule has 0 atom stereocenters. The van der Waals surface area contributed by atoms with E-state index in [2.05, 4.69) is 35.5 Å². The molecule has 1 aromatic carbocycles. The average molecular weight is 184 g/mol. The van der Waals surface area contributed by atoms with Crippen LogP contribution in [-0.2, 0) is 0 Å². The maximum atomic E-state index is 6.93. The molecule has 0 amide bonds. The summed E-state index contributed by atoms with van der Waals surface area (Å²) < 4.78 is 2.21. The first-order valence-corrected chi connectivity index (χ1v) is 4.70. The highest BCUT2D eigenvalue weighted by Crippen LogP contribution is 2.24. The first-order valence-electron chi connectivity index (χ1n) is 4.70. The number of rotatable bonds is 1. The van der Waals surface area contributed by atoms with Gasteiger partial charge in [0.15, 0.2) is 5.69 Å². The number of hydrogen-bond acceptors (Lipinski definition) is 0. The lowest BCUT2D eigenvalue weighted by molar-refractivity contribution is 0.623. The molecule has 2 nitrogen and oxygen atoms in total. The first-order chi connectivity index (χ1) is 6.72.